The van der Waals surface area contributed by atoms with Gasteiger partial charge in [0, 0.05) is 43.2 Å². The van der Waals surface area contributed by atoms with Crippen molar-refractivity contribution in [3.05, 3.63) is 48.3 Å². The van der Waals surface area contributed by atoms with Crippen LogP contribution in [0.15, 0.2) is 42.7 Å². The summed E-state index contributed by atoms with van der Waals surface area (Å²) < 4.78 is 5.59. The molecular weight excluding hydrogens is 304 g/mol. The monoisotopic (exact) mass is 324 g/mol. The zero-order chi connectivity index (χ0) is 16.4. The SMILES string of the molecule is O=C1CO[C@@H]2CCN(Cc3cnc(-c4ccccc4)nc3)C[C@@H]2N1. The van der Waals surface area contributed by atoms with E-state index in [0.717, 1.165) is 43.0 Å². The second-order valence-electron chi connectivity index (χ2n) is 6.33. The number of carbonyl (C=O) groups excluding carboxylic acids is 1. The molecule has 6 heteroatoms. The summed E-state index contributed by atoms with van der Waals surface area (Å²) in [5.74, 6) is 0.722. The molecule has 1 amide bonds. The largest absolute Gasteiger partial charge is 0.366 e. The summed E-state index contributed by atoms with van der Waals surface area (Å²) in [6.07, 6.45) is 4.86. The van der Waals surface area contributed by atoms with Crippen LogP contribution in [-0.4, -0.2) is 52.6 Å². The van der Waals surface area contributed by atoms with Crippen LogP contribution in [0.1, 0.15) is 12.0 Å². The highest BCUT2D eigenvalue weighted by atomic mass is 16.5. The zero-order valence-electron chi connectivity index (χ0n) is 13.4. The van der Waals surface area contributed by atoms with Crippen LogP contribution >= 0.6 is 0 Å². The number of hydrogen-bond acceptors (Lipinski definition) is 5. The lowest BCUT2D eigenvalue weighted by atomic mass is 10.00. The predicted molar refractivity (Wildman–Crippen MR) is 89.0 cm³/mol. The van der Waals surface area contributed by atoms with E-state index in [-0.39, 0.29) is 24.7 Å². The first kappa shape index (κ1) is 15.2. The van der Waals surface area contributed by atoms with Gasteiger partial charge in [0.15, 0.2) is 5.82 Å². The Morgan fingerprint density at radius 1 is 1.21 bits per heavy atom. The Labute approximate surface area is 140 Å². The molecule has 0 aliphatic carbocycles. The van der Waals surface area contributed by atoms with Gasteiger partial charge < -0.3 is 10.1 Å². The van der Waals surface area contributed by atoms with Crippen LogP contribution < -0.4 is 5.32 Å². The molecule has 2 aliphatic heterocycles. The van der Waals surface area contributed by atoms with Crippen molar-refractivity contribution in [3.8, 4) is 11.4 Å². The molecule has 0 bridgehead atoms. The van der Waals surface area contributed by atoms with Crippen molar-refractivity contribution < 1.29 is 9.53 Å². The minimum absolute atomic E-state index is 0.0198. The third-order valence-electron chi connectivity index (χ3n) is 4.55. The topological polar surface area (TPSA) is 67.3 Å². The summed E-state index contributed by atoms with van der Waals surface area (Å²) in [5.41, 5.74) is 2.10. The molecule has 124 valence electrons. The molecule has 1 aromatic heterocycles. The number of aromatic nitrogens is 2. The van der Waals surface area contributed by atoms with E-state index in [1.807, 2.05) is 42.7 Å². The molecule has 24 heavy (non-hydrogen) atoms. The van der Waals surface area contributed by atoms with Gasteiger partial charge in [0.25, 0.3) is 0 Å². The summed E-state index contributed by atoms with van der Waals surface area (Å²) >= 11 is 0. The summed E-state index contributed by atoms with van der Waals surface area (Å²) in [5, 5.41) is 3.03. The maximum absolute atomic E-state index is 11.5. The smallest absolute Gasteiger partial charge is 0.246 e. The molecule has 0 radical (unpaired) electrons. The maximum atomic E-state index is 11.5. The summed E-state index contributed by atoms with van der Waals surface area (Å²) in [7, 11) is 0. The fraction of sp³-hybridized carbons (Fsp3) is 0.389. The molecule has 0 unspecified atom stereocenters. The highest BCUT2D eigenvalue weighted by molar-refractivity contribution is 5.78. The Kier molecular flexibility index (Phi) is 4.23. The van der Waals surface area contributed by atoms with Crippen LogP contribution in [0.2, 0.25) is 0 Å². The molecule has 2 atom stereocenters. The van der Waals surface area contributed by atoms with E-state index in [1.165, 1.54) is 0 Å². The van der Waals surface area contributed by atoms with Crippen LogP contribution in [-0.2, 0) is 16.1 Å². The number of carbonyl (C=O) groups is 1. The van der Waals surface area contributed by atoms with Gasteiger partial charge in [-0.1, -0.05) is 30.3 Å². The van der Waals surface area contributed by atoms with E-state index in [1.54, 1.807) is 0 Å². The normalized spacial score (nSPS) is 24.2. The minimum atomic E-state index is -0.0198. The Morgan fingerprint density at radius 3 is 2.79 bits per heavy atom. The standard InChI is InChI=1S/C18H20N4O2/c23-17-12-24-16-6-7-22(11-15(16)21-17)10-13-8-19-18(20-9-13)14-4-2-1-3-5-14/h1-5,8-9,15-16H,6-7,10-12H2,(H,21,23)/t15-,16+/m0/s1. The average Bonchev–Trinajstić information content (AvgIpc) is 2.63. The Hall–Kier alpha value is -2.31. The average molecular weight is 324 g/mol. The van der Waals surface area contributed by atoms with Gasteiger partial charge in [-0.2, -0.15) is 0 Å². The van der Waals surface area contributed by atoms with Gasteiger partial charge in [0.05, 0.1) is 12.1 Å². The van der Waals surface area contributed by atoms with Gasteiger partial charge in [-0.15, -0.1) is 0 Å². The van der Waals surface area contributed by atoms with Crippen LogP contribution in [0.4, 0.5) is 0 Å². The first-order valence-electron chi connectivity index (χ1n) is 8.27. The number of piperidine rings is 1. The number of hydrogen-bond donors (Lipinski definition) is 1. The fourth-order valence-corrected chi connectivity index (χ4v) is 3.34. The van der Waals surface area contributed by atoms with Crippen molar-refractivity contribution in [2.24, 2.45) is 0 Å². The molecule has 3 heterocycles. The molecule has 0 saturated carbocycles. The number of benzene rings is 1. The second-order valence-corrected chi connectivity index (χ2v) is 6.33. The van der Waals surface area contributed by atoms with Gasteiger partial charge in [0.1, 0.15) is 6.61 Å². The molecule has 6 nitrogen and oxygen atoms in total. The number of morpholine rings is 1. The number of nitrogens with zero attached hydrogens (tertiary/aromatic N) is 3. The minimum Gasteiger partial charge on any atom is -0.366 e. The predicted octanol–water partition coefficient (Wildman–Crippen LogP) is 1.23. The first-order valence-corrected chi connectivity index (χ1v) is 8.27. The van der Waals surface area contributed by atoms with Gasteiger partial charge >= 0.3 is 0 Å². The molecule has 2 saturated heterocycles. The Balaban J connectivity index is 1.40. The highest BCUT2D eigenvalue weighted by Gasteiger charge is 2.34. The second kappa shape index (κ2) is 6.67. The van der Waals surface area contributed by atoms with E-state index in [0.29, 0.717) is 0 Å². The van der Waals surface area contributed by atoms with E-state index in [9.17, 15) is 4.79 Å². The van der Waals surface area contributed by atoms with Crippen molar-refractivity contribution in [1.29, 1.82) is 0 Å². The summed E-state index contributed by atoms with van der Waals surface area (Å²) in [6.45, 7) is 2.73. The van der Waals surface area contributed by atoms with Crippen molar-refractivity contribution in [3.63, 3.8) is 0 Å². The van der Waals surface area contributed by atoms with Crippen molar-refractivity contribution in [1.82, 2.24) is 20.2 Å². The Bertz CT molecular complexity index is 705. The number of rotatable bonds is 3. The van der Waals surface area contributed by atoms with Gasteiger partial charge in [-0.25, -0.2) is 9.97 Å². The van der Waals surface area contributed by atoms with Gasteiger partial charge in [0.2, 0.25) is 5.91 Å². The van der Waals surface area contributed by atoms with Crippen LogP contribution in [0.5, 0.6) is 0 Å². The summed E-state index contributed by atoms with van der Waals surface area (Å²) in [6, 6.07) is 10.0. The fourth-order valence-electron chi connectivity index (χ4n) is 3.34. The van der Waals surface area contributed by atoms with Crippen molar-refractivity contribution in [2.75, 3.05) is 19.7 Å². The summed E-state index contributed by atoms with van der Waals surface area (Å²) in [4.78, 5) is 22.7. The molecule has 2 aliphatic rings. The molecular formula is C18H20N4O2. The van der Waals surface area contributed by atoms with Crippen LogP contribution in [0, 0.1) is 0 Å². The van der Waals surface area contributed by atoms with Crippen LogP contribution in [0.3, 0.4) is 0 Å². The number of likely N-dealkylation sites (tertiary alicyclic amines) is 1. The number of amides is 1. The van der Waals surface area contributed by atoms with E-state index < -0.39 is 0 Å². The number of nitrogens with one attached hydrogen (secondary N) is 1. The lowest BCUT2D eigenvalue weighted by molar-refractivity contribution is -0.140. The first-order chi connectivity index (χ1) is 11.8. The number of fused-ring (bicyclic) bond motifs is 1. The van der Waals surface area contributed by atoms with Crippen molar-refractivity contribution >= 4 is 5.91 Å². The Morgan fingerprint density at radius 2 is 2.00 bits per heavy atom. The molecule has 2 fully saturated rings. The third kappa shape index (κ3) is 3.29. The van der Waals surface area contributed by atoms with Crippen molar-refractivity contribution in [2.45, 2.75) is 25.1 Å². The van der Waals surface area contributed by atoms with E-state index in [2.05, 4.69) is 20.2 Å². The quantitative estimate of drug-likeness (QED) is 0.920. The molecule has 4 rings (SSSR count). The van der Waals surface area contributed by atoms with Gasteiger partial charge in [-0.05, 0) is 6.42 Å². The van der Waals surface area contributed by atoms with Crippen LogP contribution in [0.25, 0.3) is 11.4 Å². The lowest BCUT2D eigenvalue weighted by Crippen LogP contribution is -2.60. The molecule has 0 spiro atoms. The maximum Gasteiger partial charge on any atom is 0.246 e. The zero-order valence-corrected chi connectivity index (χ0v) is 13.4. The van der Waals surface area contributed by atoms with Gasteiger partial charge in [-0.3, -0.25) is 9.69 Å². The van der Waals surface area contributed by atoms with E-state index in [4.69, 9.17) is 4.74 Å². The number of ether oxygens (including phenoxy) is 1. The lowest BCUT2D eigenvalue weighted by Gasteiger charge is -2.41. The molecule has 1 N–H and O–H groups in total. The molecule has 2 aromatic rings. The van der Waals surface area contributed by atoms with E-state index >= 15 is 0 Å². The third-order valence-corrected chi connectivity index (χ3v) is 4.55. The molecule has 1 aromatic carbocycles. The highest BCUT2D eigenvalue weighted by Crippen LogP contribution is 2.19.